The number of anilines is 1. The number of carbonyl (C=O) groups is 2. The summed E-state index contributed by atoms with van der Waals surface area (Å²) in [6.45, 7) is 1.45. The third-order valence-electron chi connectivity index (χ3n) is 3.79. The van der Waals surface area contributed by atoms with Crippen molar-refractivity contribution in [2.24, 2.45) is 0 Å². The maximum Gasteiger partial charge on any atom is 0.331 e. The first kappa shape index (κ1) is 20.5. The number of ether oxygens (including phenoxy) is 3. The van der Waals surface area contributed by atoms with Crippen LogP contribution >= 0.6 is 0 Å². The van der Waals surface area contributed by atoms with Crippen LogP contribution in [0.3, 0.4) is 0 Å². The van der Waals surface area contributed by atoms with Gasteiger partial charge in [-0.05, 0) is 42.8 Å². The second-order valence-electron chi connectivity index (χ2n) is 5.67. The zero-order valence-electron chi connectivity index (χ0n) is 15.8. The molecule has 2 aromatic rings. The molecule has 1 atom stereocenters. The van der Waals surface area contributed by atoms with E-state index in [4.69, 9.17) is 19.5 Å². The molecule has 0 aromatic heterocycles. The van der Waals surface area contributed by atoms with Crippen molar-refractivity contribution in [3.05, 3.63) is 59.7 Å². The van der Waals surface area contributed by atoms with Gasteiger partial charge < -0.3 is 19.5 Å². The normalized spacial score (nSPS) is 11.4. The van der Waals surface area contributed by atoms with Crippen LogP contribution in [0.1, 0.15) is 18.1 Å². The van der Waals surface area contributed by atoms with Crippen molar-refractivity contribution in [1.82, 2.24) is 0 Å². The lowest BCUT2D eigenvalue weighted by atomic mass is 10.2. The van der Waals surface area contributed by atoms with Crippen LogP contribution in [0.4, 0.5) is 5.69 Å². The number of rotatable bonds is 7. The monoisotopic (exact) mass is 380 g/mol. The Balaban J connectivity index is 1.97. The van der Waals surface area contributed by atoms with Gasteiger partial charge in [0.2, 0.25) is 0 Å². The summed E-state index contributed by atoms with van der Waals surface area (Å²) in [5.41, 5.74) is 1.39. The highest BCUT2D eigenvalue weighted by Crippen LogP contribution is 2.28. The number of hydrogen-bond donors (Lipinski definition) is 1. The van der Waals surface area contributed by atoms with Crippen LogP contribution < -0.4 is 14.8 Å². The number of para-hydroxylation sites is 1. The van der Waals surface area contributed by atoms with Crippen LogP contribution in [0, 0.1) is 11.3 Å². The van der Waals surface area contributed by atoms with E-state index in [9.17, 15) is 9.59 Å². The topological polar surface area (TPSA) is 97.6 Å². The van der Waals surface area contributed by atoms with E-state index >= 15 is 0 Å². The zero-order valence-corrected chi connectivity index (χ0v) is 15.8. The minimum Gasteiger partial charge on any atom is -0.493 e. The average molecular weight is 380 g/mol. The van der Waals surface area contributed by atoms with Crippen molar-refractivity contribution >= 4 is 23.6 Å². The molecule has 0 heterocycles. The Morgan fingerprint density at radius 3 is 2.50 bits per heavy atom. The molecule has 0 saturated heterocycles. The Kier molecular flexibility index (Phi) is 7.17. The van der Waals surface area contributed by atoms with Crippen molar-refractivity contribution in [1.29, 1.82) is 5.26 Å². The molecule has 0 aliphatic carbocycles. The van der Waals surface area contributed by atoms with Crippen LogP contribution in [0.25, 0.3) is 6.08 Å². The number of nitrogens with zero attached hydrogens (tertiary/aromatic N) is 1. The molecule has 2 aromatic carbocycles. The highest BCUT2D eigenvalue weighted by molar-refractivity contribution is 5.97. The zero-order chi connectivity index (χ0) is 20.5. The number of benzene rings is 2. The largest absolute Gasteiger partial charge is 0.493 e. The number of esters is 1. The standard InChI is InChI=1S/C21H20N2O5/c1-14(21(25)23-17-7-5-4-6-16(17)13-22)28-20(24)11-9-15-8-10-18(26-2)19(12-15)27-3/h4-12,14H,1-3H3,(H,23,25)/b11-9+/t14-/m0/s1. The lowest BCUT2D eigenvalue weighted by Crippen LogP contribution is -2.29. The molecule has 0 unspecified atom stereocenters. The molecule has 7 heteroatoms. The van der Waals surface area contributed by atoms with Crippen LogP contribution in [-0.4, -0.2) is 32.2 Å². The predicted octanol–water partition coefficient (Wildman–Crippen LogP) is 3.16. The van der Waals surface area contributed by atoms with Gasteiger partial charge in [-0.1, -0.05) is 18.2 Å². The Morgan fingerprint density at radius 2 is 1.82 bits per heavy atom. The molecule has 2 rings (SSSR count). The van der Waals surface area contributed by atoms with E-state index in [1.807, 2.05) is 6.07 Å². The summed E-state index contributed by atoms with van der Waals surface area (Å²) in [6.07, 6.45) is 1.73. The highest BCUT2D eigenvalue weighted by Gasteiger charge is 2.17. The minimum absolute atomic E-state index is 0.322. The van der Waals surface area contributed by atoms with Gasteiger partial charge in [0.1, 0.15) is 6.07 Å². The smallest absolute Gasteiger partial charge is 0.331 e. The summed E-state index contributed by atoms with van der Waals surface area (Å²) in [5.74, 6) is -0.103. The van der Waals surface area contributed by atoms with Crippen LogP contribution in [0.5, 0.6) is 11.5 Å². The van der Waals surface area contributed by atoms with Gasteiger partial charge in [-0.3, -0.25) is 4.79 Å². The fraction of sp³-hybridized carbons (Fsp3) is 0.190. The number of carbonyl (C=O) groups excluding carboxylic acids is 2. The molecule has 0 fully saturated rings. The van der Waals surface area contributed by atoms with Crippen LogP contribution in [0.2, 0.25) is 0 Å². The molecule has 144 valence electrons. The number of hydrogen-bond acceptors (Lipinski definition) is 6. The third-order valence-corrected chi connectivity index (χ3v) is 3.79. The van der Waals surface area contributed by atoms with Crippen LogP contribution in [0.15, 0.2) is 48.5 Å². The highest BCUT2D eigenvalue weighted by atomic mass is 16.5. The predicted molar refractivity (Wildman–Crippen MR) is 104 cm³/mol. The van der Waals surface area contributed by atoms with Crippen molar-refractivity contribution in [2.45, 2.75) is 13.0 Å². The SMILES string of the molecule is COc1ccc(/C=C/C(=O)O[C@@H](C)C(=O)Nc2ccccc2C#N)cc1OC. The molecule has 28 heavy (non-hydrogen) atoms. The Labute approximate surface area is 163 Å². The van der Waals surface area contributed by atoms with E-state index in [-0.39, 0.29) is 0 Å². The second kappa shape index (κ2) is 9.78. The molecule has 1 amide bonds. The van der Waals surface area contributed by atoms with Crippen LogP contribution in [-0.2, 0) is 14.3 Å². The van der Waals surface area contributed by atoms with E-state index in [1.165, 1.54) is 27.2 Å². The van der Waals surface area contributed by atoms with E-state index in [1.54, 1.807) is 48.5 Å². The van der Waals surface area contributed by atoms with Gasteiger partial charge in [0, 0.05) is 6.08 Å². The third kappa shape index (κ3) is 5.35. The first-order valence-electron chi connectivity index (χ1n) is 8.39. The Bertz CT molecular complexity index is 931. The summed E-state index contributed by atoms with van der Waals surface area (Å²) < 4.78 is 15.5. The van der Waals surface area contributed by atoms with Gasteiger partial charge in [0.25, 0.3) is 5.91 Å². The number of nitriles is 1. The molecular weight excluding hydrogens is 360 g/mol. The van der Waals surface area contributed by atoms with Gasteiger partial charge >= 0.3 is 5.97 Å². The molecule has 0 bridgehead atoms. The first-order chi connectivity index (χ1) is 13.5. The fourth-order valence-electron chi connectivity index (χ4n) is 2.31. The molecule has 0 radical (unpaired) electrons. The molecule has 0 aliphatic rings. The number of nitrogens with one attached hydrogen (secondary N) is 1. The summed E-state index contributed by atoms with van der Waals surface area (Å²) in [7, 11) is 3.05. The molecule has 0 saturated carbocycles. The molecule has 1 N–H and O–H groups in total. The van der Waals surface area contributed by atoms with E-state index in [0.29, 0.717) is 28.3 Å². The van der Waals surface area contributed by atoms with E-state index in [2.05, 4.69) is 5.32 Å². The molecule has 0 spiro atoms. The molecule has 7 nitrogen and oxygen atoms in total. The number of amides is 1. The molecule has 0 aliphatic heterocycles. The number of methoxy groups -OCH3 is 2. The molecular formula is C21H20N2O5. The summed E-state index contributed by atoms with van der Waals surface area (Å²) in [5, 5.41) is 11.6. The average Bonchev–Trinajstić information content (AvgIpc) is 2.72. The van der Waals surface area contributed by atoms with Gasteiger partial charge in [0.15, 0.2) is 17.6 Å². The van der Waals surface area contributed by atoms with Crippen molar-refractivity contribution < 1.29 is 23.8 Å². The first-order valence-corrected chi connectivity index (χ1v) is 8.39. The van der Waals surface area contributed by atoms with Gasteiger partial charge in [-0.25, -0.2) is 4.79 Å². The van der Waals surface area contributed by atoms with Gasteiger partial charge in [-0.2, -0.15) is 5.26 Å². The van der Waals surface area contributed by atoms with E-state index in [0.717, 1.165) is 0 Å². The Morgan fingerprint density at radius 1 is 1.11 bits per heavy atom. The summed E-state index contributed by atoms with van der Waals surface area (Å²) in [6, 6.07) is 13.7. The summed E-state index contributed by atoms with van der Waals surface area (Å²) >= 11 is 0. The van der Waals surface area contributed by atoms with Gasteiger partial charge in [0.05, 0.1) is 25.5 Å². The Hall–Kier alpha value is -3.79. The van der Waals surface area contributed by atoms with Crippen molar-refractivity contribution in [2.75, 3.05) is 19.5 Å². The maximum atomic E-state index is 12.2. The van der Waals surface area contributed by atoms with Gasteiger partial charge in [-0.15, -0.1) is 0 Å². The quantitative estimate of drug-likeness (QED) is 0.585. The lowest BCUT2D eigenvalue weighted by molar-refractivity contribution is -0.148. The summed E-state index contributed by atoms with van der Waals surface area (Å²) in [4.78, 5) is 24.2. The second-order valence-corrected chi connectivity index (χ2v) is 5.67. The lowest BCUT2D eigenvalue weighted by Gasteiger charge is -2.13. The van der Waals surface area contributed by atoms with Crippen molar-refractivity contribution in [3.8, 4) is 17.6 Å². The minimum atomic E-state index is -1.03. The van der Waals surface area contributed by atoms with Crippen molar-refractivity contribution in [3.63, 3.8) is 0 Å². The fourth-order valence-corrected chi connectivity index (χ4v) is 2.31. The van der Waals surface area contributed by atoms with E-state index < -0.39 is 18.0 Å². The maximum absolute atomic E-state index is 12.2.